The lowest BCUT2D eigenvalue weighted by atomic mass is 10.1. The number of aryl methyl sites for hydroxylation is 1. The summed E-state index contributed by atoms with van der Waals surface area (Å²) in [5.41, 5.74) is 2.47. The van der Waals surface area contributed by atoms with E-state index >= 15 is 0 Å². The molecule has 0 saturated heterocycles. The van der Waals surface area contributed by atoms with Crippen LogP contribution in [0.1, 0.15) is 28.8 Å². The summed E-state index contributed by atoms with van der Waals surface area (Å²) in [4.78, 5) is 21.0. The summed E-state index contributed by atoms with van der Waals surface area (Å²) >= 11 is 0. The number of hydrogen-bond donors (Lipinski definition) is 2. The molecule has 0 saturated carbocycles. The number of benzene rings is 1. The first-order chi connectivity index (χ1) is 10.5. The fourth-order valence-electron chi connectivity index (χ4n) is 2.07. The predicted octanol–water partition coefficient (Wildman–Crippen LogP) is 2.43. The number of rotatable bonds is 6. The molecular weight excluding hydrogens is 280 g/mol. The number of hydrogen-bond acceptors (Lipinski definition) is 4. The van der Waals surface area contributed by atoms with Crippen molar-refractivity contribution in [3.05, 3.63) is 41.5 Å². The van der Waals surface area contributed by atoms with Gasteiger partial charge in [-0.1, -0.05) is 0 Å². The summed E-state index contributed by atoms with van der Waals surface area (Å²) in [5, 5.41) is 3.28. The molecule has 0 bridgehead atoms. The van der Waals surface area contributed by atoms with Gasteiger partial charge in [-0.2, -0.15) is 0 Å². The molecule has 1 amide bonds. The van der Waals surface area contributed by atoms with Crippen LogP contribution in [-0.2, 0) is 6.54 Å². The first-order valence-electron chi connectivity index (χ1n) is 7.24. The highest BCUT2D eigenvalue weighted by molar-refractivity contribution is 5.95. The van der Waals surface area contributed by atoms with E-state index in [2.05, 4.69) is 15.3 Å². The van der Waals surface area contributed by atoms with E-state index in [4.69, 9.17) is 4.74 Å². The van der Waals surface area contributed by atoms with Crippen LogP contribution >= 0.6 is 0 Å². The number of nitrogens with zero attached hydrogens (tertiary/aromatic N) is 2. The van der Waals surface area contributed by atoms with Gasteiger partial charge in [-0.15, -0.1) is 0 Å². The molecule has 0 aliphatic rings. The number of ether oxygens (including phenoxy) is 1. The topological polar surface area (TPSA) is 70.2 Å². The van der Waals surface area contributed by atoms with Gasteiger partial charge in [0, 0.05) is 31.5 Å². The Morgan fingerprint density at radius 1 is 1.41 bits per heavy atom. The molecule has 0 atom stereocenters. The van der Waals surface area contributed by atoms with Crippen LogP contribution in [0, 0.1) is 6.92 Å². The van der Waals surface area contributed by atoms with Crippen molar-refractivity contribution in [3.8, 4) is 5.75 Å². The van der Waals surface area contributed by atoms with Crippen molar-refractivity contribution in [2.24, 2.45) is 0 Å². The molecule has 0 aliphatic carbocycles. The lowest BCUT2D eigenvalue weighted by molar-refractivity contribution is 0.0827. The van der Waals surface area contributed by atoms with Crippen molar-refractivity contribution in [1.82, 2.24) is 14.9 Å². The molecule has 0 aliphatic heterocycles. The minimum Gasteiger partial charge on any atom is -0.492 e. The number of aromatic nitrogens is 2. The fourth-order valence-corrected chi connectivity index (χ4v) is 2.07. The summed E-state index contributed by atoms with van der Waals surface area (Å²) in [6.45, 7) is 4.98. The maximum absolute atomic E-state index is 12.0. The Morgan fingerprint density at radius 3 is 2.77 bits per heavy atom. The Balaban J connectivity index is 2.17. The number of carbonyl (C=O) groups is 1. The molecule has 2 N–H and O–H groups in total. The zero-order valence-corrected chi connectivity index (χ0v) is 13.4. The monoisotopic (exact) mass is 302 g/mol. The van der Waals surface area contributed by atoms with E-state index in [1.807, 2.05) is 19.9 Å². The lowest BCUT2D eigenvalue weighted by Crippen LogP contribution is -2.21. The minimum absolute atomic E-state index is 0.0471. The average molecular weight is 302 g/mol. The Hall–Kier alpha value is -2.50. The highest BCUT2D eigenvalue weighted by Crippen LogP contribution is 2.27. The number of nitrogens with one attached hydrogen (secondary N) is 2. The standard InChI is InChI=1S/C16H22N4O2/c1-5-22-14-8-12(16(21)20(3)4)6-7-13(14)17-10-15-18-9-11(2)19-15/h6-9,17H,5,10H2,1-4H3,(H,18,19). The second-order valence-corrected chi connectivity index (χ2v) is 5.21. The smallest absolute Gasteiger partial charge is 0.253 e. The highest BCUT2D eigenvalue weighted by atomic mass is 16.5. The summed E-state index contributed by atoms with van der Waals surface area (Å²) < 4.78 is 5.64. The maximum atomic E-state index is 12.0. The van der Waals surface area contributed by atoms with Crippen molar-refractivity contribution in [3.63, 3.8) is 0 Å². The van der Waals surface area contributed by atoms with E-state index in [-0.39, 0.29) is 5.91 Å². The van der Waals surface area contributed by atoms with E-state index in [1.54, 1.807) is 37.3 Å². The maximum Gasteiger partial charge on any atom is 0.253 e. The Kier molecular flexibility index (Phi) is 5.04. The van der Waals surface area contributed by atoms with E-state index in [0.29, 0.717) is 24.5 Å². The summed E-state index contributed by atoms with van der Waals surface area (Å²) in [6, 6.07) is 5.42. The zero-order chi connectivity index (χ0) is 16.1. The molecular formula is C16H22N4O2. The first-order valence-corrected chi connectivity index (χ1v) is 7.24. The van der Waals surface area contributed by atoms with Crippen LogP contribution in [0.25, 0.3) is 0 Å². The summed E-state index contributed by atoms with van der Waals surface area (Å²) in [7, 11) is 3.46. The minimum atomic E-state index is -0.0471. The molecule has 0 spiro atoms. The van der Waals surface area contributed by atoms with Crippen molar-refractivity contribution < 1.29 is 9.53 Å². The zero-order valence-electron chi connectivity index (χ0n) is 13.4. The number of aromatic amines is 1. The van der Waals surface area contributed by atoms with Gasteiger partial charge < -0.3 is 19.9 Å². The van der Waals surface area contributed by atoms with Crippen molar-refractivity contribution in [2.45, 2.75) is 20.4 Å². The third kappa shape index (κ3) is 3.78. The highest BCUT2D eigenvalue weighted by Gasteiger charge is 2.12. The number of H-pyrrole nitrogens is 1. The van der Waals surface area contributed by atoms with Crippen molar-refractivity contribution in [2.75, 3.05) is 26.0 Å². The van der Waals surface area contributed by atoms with Gasteiger partial charge in [-0.25, -0.2) is 4.98 Å². The van der Waals surface area contributed by atoms with Gasteiger partial charge in [0.05, 0.1) is 18.8 Å². The third-order valence-electron chi connectivity index (χ3n) is 3.14. The van der Waals surface area contributed by atoms with E-state index in [9.17, 15) is 4.79 Å². The van der Waals surface area contributed by atoms with Crippen LogP contribution in [-0.4, -0.2) is 41.5 Å². The predicted molar refractivity (Wildman–Crippen MR) is 86.3 cm³/mol. The Bertz CT molecular complexity index is 649. The van der Waals surface area contributed by atoms with Gasteiger partial charge in [0.15, 0.2) is 0 Å². The third-order valence-corrected chi connectivity index (χ3v) is 3.14. The van der Waals surface area contributed by atoms with Gasteiger partial charge in [0.25, 0.3) is 5.91 Å². The summed E-state index contributed by atoms with van der Waals surface area (Å²) in [5.74, 6) is 1.47. The van der Waals surface area contributed by atoms with Crippen LogP contribution in [0.2, 0.25) is 0 Å². The van der Waals surface area contributed by atoms with E-state index in [1.165, 1.54) is 0 Å². The quantitative estimate of drug-likeness (QED) is 0.860. The molecule has 6 nitrogen and oxygen atoms in total. The largest absolute Gasteiger partial charge is 0.492 e. The lowest BCUT2D eigenvalue weighted by Gasteiger charge is -2.15. The van der Waals surface area contributed by atoms with Crippen molar-refractivity contribution in [1.29, 1.82) is 0 Å². The van der Waals surface area contributed by atoms with Gasteiger partial charge in [-0.05, 0) is 32.0 Å². The number of amides is 1. The second kappa shape index (κ2) is 6.98. The van der Waals surface area contributed by atoms with Gasteiger partial charge in [0.2, 0.25) is 0 Å². The fraction of sp³-hybridized carbons (Fsp3) is 0.375. The number of carbonyl (C=O) groups excluding carboxylic acids is 1. The van der Waals surface area contributed by atoms with Crippen LogP contribution in [0.5, 0.6) is 5.75 Å². The van der Waals surface area contributed by atoms with Gasteiger partial charge in [-0.3, -0.25) is 4.79 Å². The molecule has 6 heteroatoms. The van der Waals surface area contributed by atoms with Crippen LogP contribution in [0.3, 0.4) is 0 Å². The Labute approximate surface area is 130 Å². The van der Waals surface area contributed by atoms with Gasteiger partial charge in [0.1, 0.15) is 11.6 Å². The van der Waals surface area contributed by atoms with E-state index in [0.717, 1.165) is 17.2 Å². The van der Waals surface area contributed by atoms with Crippen LogP contribution in [0.15, 0.2) is 24.4 Å². The molecule has 1 heterocycles. The van der Waals surface area contributed by atoms with Crippen molar-refractivity contribution >= 4 is 11.6 Å². The van der Waals surface area contributed by atoms with Gasteiger partial charge >= 0.3 is 0 Å². The average Bonchev–Trinajstić information content (AvgIpc) is 2.91. The number of imidazole rings is 1. The Morgan fingerprint density at radius 2 is 2.18 bits per heavy atom. The van der Waals surface area contributed by atoms with Crippen LogP contribution < -0.4 is 10.1 Å². The summed E-state index contributed by atoms with van der Waals surface area (Å²) in [6.07, 6.45) is 1.79. The van der Waals surface area contributed by atoms with Crippen LogP contribution in [0.4, 0.5) is 5.69 Å². The molecule has 0 fully saturated rings. The first kappa shape index (κ1) is 15.9. The molecule has 0 unspecified atom stereocenters. The molecule has 0 radical (unpaired) electrons. The normalized spacial score (nSPS) is 10.4. The molecule has 22 heavy (non-hydrogen) atoms. The molecule has 1 aromatic carbocycles. The molecule has 2 aromatic rings. The molecule has 118 valence electrons. The number of anilines is 1. The SMILES string of the molecule is CCOc1cc(C(=O)N(C)C)ccc1NCc1ncc(C)[nH]1. The molecule has 2 rings (SSSR count). The molecule has 1 aromatic heterocycles. The van der Waals surface area contributed by atoms with E-state index < -0.39 is 0 Å². The second-order valence-electron chi connectivity index (χ2n) is 5.21.